The van der Waals surface area contributed by atoms with Crippen molar-refractivity contribution < 1.29 is 28.7 Å². The normalized spacial score (nSPS) is 15.3. The van der Waals surface area contributed by atoms with Crippen LogP contribution in [-0.2, 0) is 35.3 Å². The highest BCUT2D eigenvalue weighted by Crippen LogP contribution is 2.19. The molecule has 0 aromatic heterocycles. The summed E-state index contributed by atoms with van der Waals surface area (Å²) in [4.78, 5) is 49.8. The van der Waals surface area contributed by atoms with E-state index in [9.17, 15) is 19.2 Å². The van der Waals surface area contributed by atoms with E-state index in [1.807, 2.05) is 37.3 Å². The lowest BCUT2D eigenvalue weighted by molar-refractivity contribution is -0.153. The van der Waals surface area contributed by atoms with Crippen LogP contribution in [0.25, 0.3) is 0 Å². The quantitative estimate of drug-likeness (QED) is 0.369. The topological polar surface area (TPSA) is 102 Å². The Bertz CT molecular complexity index is 752. The molecular weight excluding hydrogens is 412 g/mol. The molecule has 1 aliphatic rings. The highest BCUT2D eigenvalue weighted by molar-refractivity contribution is 5.88. The molecule has 1 N–H and O–H groups in total. The Morgan fingerprint density at radius 2 is 1.81 bits per heavy atom. The number of likely N-dealkylation sites (tertiary alicyclic amines) is 1. The van der Waals surface area contributed by atoms with Gasteiger partial charge in [-0.3, -0.25) is 14.4 Å². The second kappa shape index (κ2) is 14.2. The van der Waals surface area contributed by atoms with E-state index in [1.54, 1.807) is 0 Å². The van der Waals surface area contributed by atoms with Gasteiger partial charge < -0.3 is 19.7 Å². The molecule has 1 aromatic rings. The van der Waals surface area contributed by atoms with Crippen LogP contribution in [0.5, 0.6) is 0 Å². The minimum absolute atomic E-state index is 0.0998. The fourth-order valence-corrected chi connectivity index (χ4v) is 3.46. The van der Waals surface area contributed by atoms with Crippen molar-refractivity contribution in [1.82, 2.24) is 10.2 Å². The van der Waals surface area contributed by atoms with E-state index < -0.39 is 12.0 Å². The molecule has 0 saturated carbocycles. The van der Waals surface area contributed by atoms with Gasteiger partial charge in [0.1, 0.15) is 12.6 Å². The lowest BCUT2D eigenvalue weighted by Crippen LogP contribution is -2.46. The molecule has 0 radical (unpaired) electrons. The third-order valence-corrected chi connectivity index (χ3v) is 5.30. The Labute approximate surface area is 189 Å². The van der Waals surface area contributed by atoms with E-state index in [1.165, 1.54) is 4.90 Å². The van der Waals surface area contributed by atoms with Gasteiger partial charge in [-0.15, -0.1) is 0 Å². The van der Waals surface area contributed by atoms with E-state index in [0.717, 1.165) is 24.8 Å². The maximum Gasteiger partial charge on any atom is 0.328 e. The second-order valence-corrected chi connectivity index (χ2v) is 7.90. The summed E-state index contributed by atoms with van der Waals surface area (Å²) >= 11 is 0. The van der Waals surface area contributed by atoms with Crippen molar-refractivity contribution in [2.24, 2.45) is 0 Å². The molecule has 2 rings (SSSR count). The van der Waals surface area contributed by atoms with Crippen LogP contribution in [0.1, 0.15) is 63.9 Å². The number of hydrogen-bond acceptors (Lipinski definition) is 6. The molecule has 0 unspecified atom stereocenters. The molecule has 1 heterocycles. The highest BCUT2D eigenvalue weighted by Gasteiger charge is 2.35. The maximum absolute atomic E-state index is 12.4. The first kappa shape index (κ1) is 25.4. The Kier molecular flexibility index (Phi) is 11.3. The maximum atomic E-state index is 12.4. The number of rotatable bonds is 13. The molecule has 8 nitrogen and oxygen atoms in total. The van der Waals surface area contributed by atoms with Crippen molar-refractivity contribution in [3.63, 3.8) is 0 Å². The number of nitrogens with one attached hydrogen (secondary N) is 1. The summed E-state index contributed by atoms with van der Waals surface area (Å²) in [5, 5.41) is 2.62. The van der Waals surface area contributed by atoms with Crippen LogP contribution in [0.2, 0.25) is 0 Å². The van der Waals surface area contributed by atoms with Crippen LogP contribution >= 0.6 is 0 Å². The SMILES string of the molecule is CCCCC(=O)NCC(=O)N1CCC[C@H]1C(=O)OCCCCC(=O)OCc1ccccc1. The highest BCUT2D eigenvalue weighted by atomic mass is 16.5. The number of unbranched alkanes of at least 4 members (excludes halogenated alkanes) is 2. The smallest absolute Gasteiger partial charge is 0.328 e. The van der Waals surface area contributed by atoms with Gasteiger partial charge in [-0.2, -0.15) is 0 Å². The zero-order valence-electron chi connectivity index (χ0n) is 18.8. The van der Waals surface area contributed by atoms with Crippen LogP contribution in [0.15, 0.2) is 30.3 Å². The van der Waals surface area contributed by atoms with E-state index in [-0.39, 0.29) is 44.0 Å². The van der Waals surface area contributed by atoms with Gasteiger partial charge in [0, 0.05) is 19.4 Å². The summed E-state index contributed by atoms with van der Waals surface area (Å²) in [6.07, 6.45) is 4.73. The third kappa shape index (κ3) is 9.08. The number of ether oxygens (including phenoxy) is 2. The van der Waals surface area contributed by atoms with Crippen molar-refractivity contribution in [2.45, 2.75) is 70.9 Å². The molecule has 1 atom stereocenters. The van der Waals surface area contributed by atoms with E-state index in [4.69, 9.17) is 9.47 Å². The summed E-state index contributed by atoms with van der Waals surface area (Å²) < 4.78 is 10.5. The van der Waals surface area contributed by atoms with Crippen molar-refractivity contribution in [3.8, 4) is 0 Å². The summed E-state index contributed by atoms with van der Waals surface area (Å²) in [6.45, 7) is 2.82. The van der Waals surface area contributed by atoms with Gasteiger partial charge in [-0.05, 0) is 37.7 Å². The molecule has 0 aliphatic carbocycles. The molecule has 2 amide bonds. The van der Waals surface area contributed by atoms with Crippen molar-refractivity contribution in [2.75, 3.05) is 19.7 Å². The van der Waals surface area contributed by atoms with Gasteiger partial charge in [0.2, 0.25) is 11.8 Å². The number of nitrogens with zero attached hydrogens (tertiary/aromatic N) is 1. The first-order valence-corrected chi connectivity index (χ1v) is 11.4. The average molecular weight is 447 g/mol. The predicted octanol–water partition coefficient (Wildman–Crippen LogP) is 2.74. The minimum Gasteiger partial charge on any atom is -0.464 e. The third-order valence-electron chi connectivity index (χ3n) is 5.30. The minimum atomic E-state index is -0.606. The van der Waals surface area contributed by atoms with Gasteiger partial charge >= 0.3 is 11.9 Å². The predicted molar refractivity (Wildman–Crippen MR) is 118 cm³/mol. The first-order valence-electron chi connectivity index (χ1n) is 11.4. The standard InChI is InChI=1S/C24H34N2O6/c1-2-3-13-21(27)25-17-22(28)26-15-9-12-20(26)24(30)31-16-8-7-14-23(29)32-18-19-10-5-4-6-11-19/h4-6,10-11,20H,2-3,7-9,12-18H2,1H3,(H,25,27)/t20-/m0/s1. The van der Waals surface area contributed by atoms with Gasteiger partial charge in [-0.1, -0.05) is 43.7 Å². The average Bonchev–Trinajstić information content (AvgIpc) is 3.30. The van der Waals surface area contributed by atoms with E-state index in [2.05, 4.69) is 5.32 Å². The molecule has 1 aromatic carbocycles. The lowest BCUT2D eigenvalue weighted by atomic mass is 10.2. The van der Waals surface area contributed by atoms with Crippen LogP contribution < -0.4 is 5.32 Å². The number of hydrogen-bond donors (Lipinski definition) is 1. The fourth-order valence-electron chi connectivity index (χ4n) is 3.46. The number of carbonyl (C=O) groups excluding carboxylic acids is 4. The zero-order chi connectivity index (χ0) is 23.2. The van der Waals surface area contributed by atoms with Crippen molar-refractivity contribution in [3.05, 3.63) is 35.9 Å². The van der Waals surface area contributed by atoms with Crippen LogP contribution in [-0.4, -0.2) is 54.4 Å². The molecular formula is C24H34N2O6. The van der Waals surface area contributed by atoms with Gasteiger partial charge in [0.05, 0.1) is 13.2 Å². The second-order valence-electron chi connectivity index (χ2n) is 7.90. The zero-order valence-corrected chi connectivity index (χ0v) is 18.8. The monoisotopic (exact) mass is 446 g/mol. The van der Waals surface area contributed by atoms with Crippen LogP contribution in [0.3, 0.4) is 0 Å². The molecule has 1 fully saturated rings. The van der Waals surface area contributed by atoms with E-state index >= 15 is 0 Å². The van der Waals surface area contributed by atoms with Crippen LogP contribution in [0.4, 0.5) is 0 Å². The molecule has 176 valence electrons. The van der Waals surface area contributed by atoms with E-state index in [0.29, 0.717) is 32.2 Å². The number of amides is 2. The van der Waals surface area contributed by atoms with Crippen LogP contribution in [0, 0.1) is 0 Å². The van der Waals surface area contributed by atoms with Gasteiger partial charge in [0.25, 0.3) is 0 Å². The first-order chi connectivity index (χ1) is 15.5. The summed E-state index contributed by atoms with van der Waals surface area (Å²) in [5.74, 6) is -1.13. The Balaban J connectivity index is 1.60. The molecule has 8 heteroatoms. The molecule has 1 saturated heterocycles. The number of esters is 2. The Hall–Kier alpha value is -2.90. The summed E-state index contributed by atoms with van der Waals surface area (Å²) in [5.41, 5.74) is 0.936. The van der Waals surface area contributed by atoms with Gasteiger partial charge in [0.15, 0.2) is 0 Å². The Morgan fingerprint density at radius 1 is 1.03 bits per heavy atom. The summed E-state index contributed by atoms with van der Waals surface area (Å²) in [7, 11) is 0. The summed E-state index contributed by atoms with van der Waals surface area (Å²) in [6, 6.07) is 8.86. The molecule has 0 bridgehead atoms. The lowest BCUT2D eigenvalue weighted by Gasteiger charge is -2.23. The van der Waals surface area contributed by atoms with Crippen molar-refractivity contribution >= 4 is 23.8 Å². The van der Waals surface area contributed by atoms with Gasteiger partial charge in [-0.25, -0.2) is 4.79 Å². The largest absolute Gasteiger partial charge is 0.464 e. The Morgan fingerprint density at radius 3 is 2.56 bits per heavy atom. The molecule has 1 aliphatic heterocycles. The fraction of sp³-hybridized carbons (Fsp3) is 0.583. The van der Waals surface area contributed by atoms with Crippen molar-refractivity contribution in [1.29, 1.82) is 0 Å². The number of carbonyl (C=O) groups is 4. The molecule has 0 spiro atoms. The number of benzene rings is 1. The molecule has 32 heavy (non-hydrogen) atoms.